The van der Waals surface area contributed by atoms with E-state index >= 15 is 0 Å². The van der Waals surface area contributed by atoms with Crippen molar-refractivity contribution >= 4 is 11.8 Å². The number of carbonyl (C=O) groups is 2. The molecule has 0 spiro atoms. The van der Waals surface area contributed by atoms with Gasteiger partial charge in [-0.15, -0.1) is 0 Å². The number of alkyl halides is 3. The van der Waals surface area contributed by atoms with Crippen LogP contribution in [0.15, 0.2) is 0 Å². The summed E-state index contributed by atoms with van der Waals surface area (Å²) in [4.78, 5) is 26.0. The maximum absolute atomic E-state index is 11.9. The number of methoxy groups -OCH3 is 1. The number of halogens is 3. The van der Waals surface area contributed by atoms with Gasteiger partial charge in [-0.05, 0) is 0 Å². The van der Waals surface area contributed by atoms with Crippen LogP contribution in [0.1, 0.15) is 0 Å². The number of hydrogen-bond donors (Lipinski definition) is 0. The Balaban J connectivity index is 2.27. The predicted octanol–water partition coefficient (Wildman–Crippen LogP) is -0.118. The number of hydrogen-bond acceptors (Lipinski definition) is 4. The van der Waals surface area contributed by atoms with Gasteiger partial charge in [-0.25, -0.2) is 0 Å². The number of nitrogens with zero attached hydrogens (tertiary/aromatic N) is 2. The fraction of sp³-hybridized carbons (Fsp3) is 0.818. The molecule has 0 radical (unpaired) electrons. The second-order valence-electron chi connectivity index (χ2n) is 4.30. The van der Waals surface area contributed by atoms with Crippen LogP contribution in [0.4, 0.5) is 13.2 Å². The van der Waals surface area contributed by atoms with Crippen molar-refractivity contribution in [3.05, 3.63) is 0 Å². The molecular weight excluding hydrogens is 281 g/mol. The Morgan fingerprint density at radius 1 is 1.00 bits per heavy atom. The van der Waals surface area contributed by atoms with E-state index in [0.717, 1.165) is 0 Å². The number of ether oxygens (including phenoxy) is 2. The highest BCUT2D eigenvalue weighted by molar-refractivity contribution is 5.79. The van der Waals surface area contributed by atoms with Crippen LogP contribution in [0.2, 0.25) is 0 Å². The molecule has 0 saturated carbocycles. The van der Waals surface area contributed by atoms with Gasteiger partial charge in [0.2, 0.25) is 11.8 Å². The van der Waals surface area contributed by atoms with Crippen molar-refractivity contribution in [2.75, 3.05) is 53.1 Å². The second-order valence-corrected chi connectivity index (χ2v) is 4.30. The molecule has 1 aliphatic rings. The summed E-state index contributed by atoms with van der Waals surface area (Å²) < 4.78 is 44.6. The zero-order valence-corrected chi connectivity index (χ0v) is 11.1. The molecule has 0 aromatic carbocycles. The van der Waals surface area contributed by atoms with E-state index in [-0.39, 0.29) is 25.6 Å². The fourth-order valence-electron chi connectivity index (χ4n) is 1.77. The zero-order valence-electron chi connectivity index (χ0n) is 11.1. The number of rotatable bonds is 5. The minimum absolute atomic E-state index is 0.0252. The van der Waals surface area contributed by atoms with Gasteiger partial charge in [-0.2, -0.15) is 13.2 Å². The van der Waals surface area contributed by atoms with Crippen LogP contribution in [0.3, 0.4) is 0 Å². The van der Waals surface area contributed by atoms with E-state index in [1.807, 2.05) is 0 Å². The molecule has 0 atom stereocenters. The Kier molecular flexibility index (Phi) is 6.21. The molecule has 6 nitrogen and oxygen atoms in total. The first-order chi connectivity index (χ1) is 9.33. The van der Waals surface area contributed by atoms with Gasteiger partial charge in [0.1, 0.15) is 19.8 Å². The molecule has 1 rings (SSSR count). The van der Waals surface area contributed by atoms with E-state index in [2.05, 4.69) is 4.74 Å². The predicted molar refractivity (Wildman–Crippen MR) is 61.9 cm³/mol. The maximum atomic E-state index is 11.9. The minimum Gasteiger partial charge on any atom is -0.375 e. The van der Waals surface area contributed by atoms with Gasteiger partial charge in [0.15, 0.2) is 0 Å². The molecule has 9 heteroatoms. The summed E-state index contributed by atoms with van der Waals surface area (Å²) in [6.45, 7) is -0.826. The molecule has 0 bridgehead atoms. The largest absolute Gasteiger partial charge is 0.411 e. The van der Waals surface area contributed by atoms with Crippen LogP contribution in [-0.2, 0) is 19.1 Å². The quantitative estimate of drug-likeness (QED) is 0.710. The highest BCUT2D eigenvalue weighted by Crippen LogP contribution is 2.14. The molecule has 0 aromatic heterocycles. The smallest absolute Gasteiger partial charge is 0.375 e. The monoisotopic (exact) mass is 298 g/mol. The summed E-state index contributed by atoms with van der Waals surface area (Å²) in [5, 5.41) is 0. The normalized spacial score (nSPS) is 16.4. The van der Waals surface area contributed by atoms with Gasteiger partial charge in [-0.3, -0.25) is 9.59 Å². The number of carbonyl (C=O) groups excluding carboxylic acids is 2. The molecule has 0 unspecified atom stereocenters. The van der Waals surface area contributed by atoms with Crippen LogP contribution in [0, 0.1) is 0 Å². The Labute approximate surface area is 114 Å². The summed E-state index contributed by atoms with van der Waals surface area (Å²) in [7, 11) is 1.41. The molecular formula is C11H17F3N2O4. The third kappa shape index (κ3) is 5.74. The van der Waals surface area contributed by atoms with Gasteiger partial charge in [0.05, 0.1) is 0 Å². The van der Waals surface area contributed by atoms with Crippen molar-refractivity contribution in [1.29, 1.82) is 0 Å². The fourth-order valence-corrected chi connectivity index (χ4v) is 1.77. The first kappa shape index (κ1) is 16.7. The van der Waals surface area contributed by atoms with E-state index < -0.39 is 25.3 Å². The highest BCUT2D eigenvalue weighted by Gasteiger charge is 2.29. The first-order valence-corrected chi connectivity index (χ1v) is 6.02. The molecule has 0 aliphatic carbocycles. The summed E-state index contributed by atoms with van der Waals surface area (Å²) in [6, 6.07) is 0. The van der Waals surface area contributed by atoms with Crippen molar-refractivity contribution in [1.82, 2.24) is 9.80 Å². The van der Waals surface area contributed by atoms with Crippen molar-refractivity contribution in [2.45, 2.75) is 6.18 Å². The van der Waals surface area contributed by atoms with E-state index in [1.165, 1.54) is 12.0 Å². The summed E-state index contributed by atoms with van der Waals surface area (Å²) in [5.74, 6) is -0.680. The Bertz CT molecular complexity index is 341. The molecule has 2 amide bonds. The van der Waals surface area contributed by atoms with Crippen LogP contribution in [0.5, 0.6) is 0 Å². The molecule has 1 saturated heterocycles. The Morgan fingerprint density at radius 3 is 1.85 bits per heavy atom. The third-order valence-electron chi connectivity index (χ3n) is 2.74. The van der Waals surface area contributed by atoms with Gasteiger partial charge < -0.3 is 19.3 Å². The van der Waals surface area contributed by atoms with E-state index in [4.69, 9.17) is 4.74 Å². The first-order valence-electron chi connectivity index (χ1n) is 6.02. The zero-order chi connectivity index (χ0) is 15.2. The average Bonchev–Trinajstić information content (AvgIpc) is 2.37. The molecule has 0 N–H and O–H groups in total. The Morgan fingerprint density at radius 2 is 1.45 bits per heavy atom. The van der Waals surface area contributed by atoms with Crippen LogP contribution < -0.4 is 0 Å². The molecule has 1 aliphatic heterocycles. The maximum Gasteiger partial charge on any atom is 0.411 e. The van der Waals surface area contributed by atoms with E-state index in [0.29, 0.717) is 13.1 Å². The van der Waals surface area contributed by atoms with Crippen molar-refractivity contribution < 1.29 is 32.2 Å². The molecule has 0 aromatic rings. The summed E-state index contributed by atoms with van der Waals surface area (Å²) >= 11 is 0. The van der Waals surface area contributed by atoms with Crippen LogP contribution in [0.25, 0.3) is 0 Å². The molecule has 116 valence electrons. The highest BCUT2D eigenvalue weighted by atomic mass is 19.4. The van der Waals surface area contributed by atoms with Crippen molar-refractivity contribution in [2.24, 2.45) is 0 Å². The van der Waals surface area contributed by atoms with E-state index in [1.54, 1.807) is 4.90 Å². The minimum atomic E-state index is -4.44. The lowest BCUT2D eigenvalue weighted by Gasteiger charge is -2.34. The third-order valence-corrected chi connectivity index (χ3v) is 2.74. The van der Waals surface area contributed by atoms with Gasteiger partial charge in [0, 0.05) is 33.3 Å². The lowest BCUT2D eigenvalue weighted by Crippen LogP contribution is -2.52. The second kappa shape index (κ2) is 7.44. The number of amides is 2. The van der Waals surface area contributed by atoms with Crippen molar-refractivity contribution in [3.8, 4) is 0 Å². The SMILES string of the molecule is COCC(=O)N1CCN(C(=O)COCC(F)(F)F)CC1. The van der Waals surface area contributed by atoms with E-state index in [9.17, 15) is 22.8 Å². The lowest BCUT2D eigenvalue weighted by molar-refractivity contribution is -0.178. The van der Waals surface area contributed by atoms with Gasteiger partial charge in [-0.1, -0.05) is 0 Å². The van der Waals surface area contributed by atoms with Gasteiger partial charge in [0.25, 0.3) is 0 Å². The lowest BCUT2D eigenvalue weighted by atomic mass is 10.3. The number of piperazine rings is 1. The van der Waals surface area contributed by atoms with Gasteiger partial charge >= 0.3 is 6.18 Å². The topological polar surface area (TPSA) is 59.1 Å². The average molecular weight is 298 g/mol. The van der Waals surface area contributed by atoms with Crippen LogP contribution in [-0.4, -0.2) is 80.9 Å². The van der Waals surface area contributed by atoms with Crippen LogP contribution >= 0.6 is 0 Å². The van der Waals surface area contributed by atoms with Crippen molar-refractivity contribution in [3.63, 3.8) is 0 Å². The Hall–Kier alpha value is -1.35. The summed E-state index contributed by atoms with van der Waals surface area (Å²) in [6.07, 6.45) is -4.44. The summed E-state index contributed by atoms with van der Waals surface area (Å²) in [5.41, 5.74) is 0. The molecule has 20 heavy (non-hydrogen) atoms. The standard InChI is InChI=1S/C11H17F3N2O4/c1-19-6-9(17)15-2-4-16(5-3-15)10(18)7-20-8-11(12,13)14/h2-8H2,1H3. The molecule has 1 fully saturated rings. The molecule has 1 heterocycles.